The highest BCUT2D eigenvalue weighted by Gasteiger charge is 2.28. The van der Waals surface area contributed by atoms with Crippen molar-refractivity contribution in [3.8, 4) is 11.3 Å². The Hall–Kier alpha value is -2.95. The molecule has 0 spiro atoms. The van der Waals surface area contributed by atoms with E-state index in [0.717, 1.165) is 16.8 Å². The van der Waals surface area contributed by atoms with Crippen LogP contribution in [0.3, 0.4) is 0 Å². The van der Waals surface area contributed by atoms with Crippen LogP contribution in [0.4, 0.5) is 0 Å². The second-order valence-electron chi connectivity index (χ2n) is 5.84. The van der Waals surface area contributed by atoms with Crippen molar-refractivity contribution in [3.63, 3.8) is 0 Å². The minimum Gasteiger partial charge on any atom is -0.465 e. The van der Waals surface area contributed by atoms with Gasteiger partial charge in [0.15, 0.2) is 5.92 Å². The number of ether oxygens (including phenoxy) is 2. The van der Waals surface area contributed by atoms with Gasteiger partial charge in [0, 0.05) is 11.8 Å². The smallest absolute Gasteiger partial charge is 0.320 e. The number of aromatic nitrogens is 1. The van der Waals surface area contributed by atoms with Crippen LogP contribution >= 0.6 is 0 Å². The van der Waals surface area contributed by atoms with Crippen LogP contribution in [0.1, 0.15) is 25.8 Å². The molecule has 5 nitrogen and oxygen atoms in total. The summed E-state index contributed by atoms with van der Waals surface area (Å²) in [7, 11) is 0. The molecule has 0 saturated heterocycles. The van der Waals surface area contributed by atoms with Gasteiger partial charge in [0.05, 0.1) is 18.9 Å². The average Bonchev–Trinajstić information content (AvgIpc) is 2.69. The second kappa shape index (κ2) is 10.9. The molecule has 5 heteroatoms. The van der Waals surface area contributed by atoms with Gasteiger partial charge in [-0.15, -0.1) is 0 Å². The molecule has 1 heterocycles. The van der Waals surface area contributed by atoms with E-state index in [1.165, 1.54) is 0 Å². The molecule has 0 aliphatic carbocycles. The Morgan fingerprint density at radius 3 is 2.26 bits per heavy atom. The normalized spacial score (nSPS) is 10.9. The molecule has 0 unspecified atom stereocenters. The van der Waals surface area contributed by atoms with E-state index >= 15 is 0 Å². The fourth-order valence-electron chi connectivity index (χ4n) is 2.69. The fraction of sp³-hybridized carbons (Fsp3) is 0.318. The van der Waals surface area contributed by atoms with Gasteiger partial charge in [-0.25, -0.2) is 0 Å². The summed E-state index contributed by atoms with van der Waals surface area (Å²) in [5.74, 6) is -2.02. The largest absolute Gasteiger partial charge is 0.465 e. The maximum absolute atomic E-state index is 12.0. The predicted octanol–water partition coefficient (Wildman–Crippen LogP) is 3.98. The molecule has 0 radical (unpaired) electrons. The lowest BCUT2D eigenvalue weighted by atomic mass is 10.00. The van der Waals surface area contributed by atoms with Crippen molar-refractivity contribution in [3.05, 3.63) is 66.4 Å². The molecule has 0 atom stereocenters. The van der Waals surface area contributed by atoms with Crippen LogP contribution in [0.15, 0.2) is 60.8 Å². The van der Waals surface area contributed by atoms with Crippen molar-refractivity contribution in [2.75, 3.05) is 13.2 Å². The summed E-state index contributed by atoms with van der Waals surface area (Å²) < 4.78 is 9.96. The Morgan fingerprint density at radius 1 is 0.963 bits per heavy atom. The standard InChI is InChI=1S/C22H25NO4/c1-3-26-21(24)19(22(25)27-4-2)14-8-6-12-17-11-5-7-13-18(17)20-15-9-10-16-23-20/h5-11,13,15-16,19H,3-4,12,14H2,1-2H3/b8-6-. The van der Waals surface area contributed by atoms with Gasteiger partial charge in [0.1, 0.15) is 0 Å². The van der Waals surface area contributed by atoms with Gasteiger partial charge in [-0.3, -0.25) is 14.6 Å². The molecular formula is C22H25NO4. The van der Waals surface area contributed by atoms with Crippen LogP contribution in [-0.2, 0) is 25.5 Å². The topological polar surface area (TPSA) is 65.5 Å². The number of rotatable bonds is 9. The Bertz CT molecular complexity index is 753. The van der Waals surface area contributed by atoms with E-state index in [1.807, 2.05) is 54.6 Å². The van der Waals surface area contributed by atoms with Gasteiger partial charge in [-0.1, -0.05) is 42.5 Å². The highest BCUT2D eigenvalue weighted by atomic mass is 16.6. The first-order chi connectivity index (χ1) is 13.2. The lowest BCUT2D eigenvalue weighted by molar-refractivity contribution is -0.161. The number of carbonyl (C=O) groups excluding carboxylic acids is 2. The zero-order valence-electron chi connectivity index (χ0n) is 15.8. The van der Waals surface area contributed by atoms with Crippen molar-refractivity contribution in [2.24, 2.45) is 5.92 Å². The Kier molecular flexibility index (Phi) is 8.23. The summed E-state index contributed by atoms with van der Waals surface area (Å²) >= 11 is 0. The van der Waals surface area contributed by atoms with Crippen molar-refractivity contribution >= 4 is 11.9 Å². The summed E-state index contributed by atoms with van der Waals surface area (Å²) in [5, 5.41) is 0. The SMILES string of the molecule is CCOC(=O)C(C/C=C\Cc1ccccc1-c1ccccn1)C(=O)OCC. The lowest BCUT2D eigenvalue weighted by Crippen LogP contribution is -2.27. The molecule has 27 heavy (non-hydrogen) atoms. The molecule has 1 aromatic heterocycles. The molecule has 2 rings (SSSR count). The minimum atomic E-state index is -0.924. The molecule has 0 aliphatic heterocycles. The van der Waals surface area contributed by atoms with E-state index in [9.17, 15) is 9.59 Å². The summed E-state index contributed by atoms with van der Waals surface area (Å²) in [6, 6.07) is 13.9. The van der Waals surface area contributed by atoms with Crippen LogP contribution in [0.5, 0.6) is 0 Å². The number of hydrogen-bond donors (Lipinski definition) is 0. The Balaban J connectivity index is 2.06. The number of allylic oxidation sites excluding steroid dienone is 2. The zero-order valence-corrected chi connectivity index (χ0v) is 15.8. The number of carbonyl (C=O) groups is 2. The number of pyridine rings is 1. The van der Waals surface area contributed by atoms with Gasteiger partial charge in [-0.05, 0) is 44.4 Å². The second-order valence-corrected chi connectivity index (χ2v) is 5.84. The number of esters is 2. The van der Waals surface area contributed by atoms with Gasteiger partial charge in [0.25, 0.3) is 0 Å². The van der Waals surface area contributed by atoms with Gasteiger partial charge >= 0.3 is 11.9 Å². The van der Waals surface area contributed by atoms with Crippen molar-refractivity contribution in [1.82, 2.24) is 4.98 Å². The Morgan fingerprint density at radius 2 is 1.63 bits per heavy atom. The zero-order chi connectivity index (χ0) is 19.5. The molecule has 0 N–H and O–H groups in total. The van der Waals surface area contributed by atoms with E-state index in [-0.39, 0.29) is 19.6 Å². The molecule has 142 valence electrons. The monoisotopic (exact) mass is 367 g/mol. The quantitative estimate of drug-likeness (QED) is 0.381. The molecule has 0 fully saturated rings. The highest BCUT2D eigenvalue weighted by Crippen LogP contribution is 2.22. The fourth-order valence-corrected chi connectivity index (χ4v) is 2.69. The molecule has 0 bridgehead atoms. The van der Waals surface area contributed by atoms with Gasteiger partial charge in [-0.2, -0.15) is 0 Å². The first kappa shape index (κ1) is 20.4. The predicted molar refractivity (Wildman–Crippen MR) is 104 cm³/mol. The lowest BCUT2D eigenvalue weighted by Gasteiger charge is -2.12. The van der Waals surface area contributed by atoms with Crippen LogP contribution in [0, 0.1) is 5.92 Å². The van der Waals surface area contributed by atoms with E-state index in [0.29, 0.717) is 6.42 Å². The molecule has 1 aromatic carbocycles. The van der Waals surface area contributed by atoms with Crippen LogP contribution in [-0.4, -0.2) is 30.1 Å². The number of nitrogens with zero attached hydrogens (tertiary/aromatic N) is 1. The van der Waals surface area contributed by atoms with Crippen LogP contribution < -0.4 is 0 Å². The third-order valence-corrected chi connectivity index (χ3v) is 3.98. The number of hydrogen-bond acceptors (Lipinski definition) is 5. The first-order valence-corrected chi connectivity index (χ1v) is 9.14. The third-order valence-electron chi connectivity index (χ3n) is 3.98. The van der Waals surface area contributed by atoms with E-state index in [4.69, 9.17) is 9.47 Å². The third kappa shape index (κ3) is 6.06. The summed E-state index contributed by atoms with van der Waals surface area (Å²) in [6.45, 7) is 3.89. The highest BCUT2D eigenvalue weighted by molar-refractivity contribution is 5.95. The molecule has 0 aliphatic rings. The van der Waals surface area contributed by atoms with E-state index in [1.54, 1.807) is 20.0 Å². The van der Waals surface area contributed by atoms with E-state index in [2.05, 4.69) is 4.98 Å². The van der Waals surface area contributed by atoms with Crippen LogP contribution in [0.25, 0.3) is 11.3 Å². The summed E-state index contributed by atoms with van der Waals surface area (Å²) in [6.07, 6.45) is 6.47. The molecule has 0 saturated carbocycles. The summed E-state index contributed by atoms with van der Waals surface area (Å²) in [5.41, 5.74) is 3.10. The Labute approximate surface area is 160 Å². The number of benzene rings is 1. The minimum absolute atomic E-state index is 0.232. The maximum Gasteiger partial charge on any atom is 0.320 e. The molecule has 2 aromatic rings. The van der Waals surface area contributed by atoms with E-state index < -0.39 is 17.9 Å². The maximum atomic E-state index is 12.0. The molecule has 0 amide bonds. The van der Waals surface area contributed by atoms with Crippen molar-refractivity contribution in [2.45, 2.75) is 26.7 Å². The first-order valence-electron chi connectivity index (χ1n) is 9.14. The molecular weight excluding hydrogens is 342 g/mol. The van der Waals surface area contributed by atoms with Gasteiger partial charge in [0.2, 0.25) is 0 Å². The van der Waals surface area contributed by atoms with Crippen LogP contribution in [0.2, 0.25) is 0 Å². The average molecular weight is 367 g/mol. The van der Waals surface area contributed by atoms with Crippen molar-refractivity contribution in [1.29, 1.82) is 0 Å². The van der Waals surface area contributed by atoms with Crippen molar-refractivity contribution < 1.29 is 19.1 Å². The summed E-state index contributed by atoms with van der Waals surface area (Å²) in [4.78, 5) is 28.4. The van der Waals surface area contributed by atoms with Gasteiger partial charge < -0.3 is 9.47 Å².